The molecule has 120 valence electrons. The van der Waals surface area contributed by atoms with Crippen molar-refractivity contribution < 1.29 is 13.6 Å². The van der Waals surface area contributed by atoms with Crippen molar-refractivity contribution in [3.05, 3.63) is 65.7 Å². The molecule has 1 aliphatic heterocycles. The molecule has 1 aliphatic rings. The Hall–Kier alpha value is -2.43. The Morgan fingerprint density at radius 3 is 2.26 bits per heavy atom. The van der Waals surface area contributed by atoms with Gasteiger partial charge in [-0.3, -0.25) is 4.79 Å². The van der Waals surface area contributed by atoms with E-state index in [0.29, 0.717) is 26.2 Å². The zero-order chi connectivity index (χ0) is 16.2. The zero-order valence-corrected chi connectivity index (χ0v) is 12.7. The van der Waals surface area contributed by atoms with Crippen LogP contribution in [0.2, 0.25) is 0 Å². The minimum atomic E-state index is -0.301. The van der Waals surface area contributed by atoms with Crippen molar-refractivity contribution in [3.63, 3.8) is 0 Å². The number of halogens is 2. The molecule has 1 fully saturated rings. The highest BCUT2D eigenvalue weighted by Gasteiger charge is 2.21. The van der Waals surface area contributed by atoms with Crippen LogP contribution in [0.15, 0.2) is 48.5 Å². The second kappa shape index (κ2) is 6.77. The highest BCUT2D eigenvalue weighted by atomic mass is 19.1. The molecule has 0 aliphatic carbocycles. The van der Waals surface area contributed by atoms with E-state index in [1.54, 1.807) is 23.1 Å². The van der Waals surface area contributed by atoms with Crippen LogP contribution in [-0.4, -0.2) is 37.0 Å². The van der Waals surface area contributed by atoms with Crippen molar-refractivity contribution in [2.24, 2.45) is 0 Å². The van der Waals surface area contributed by atoms with Gasteiger partial charge in [0.25, 0.3) is 0 Å². The van der Waals surface area contributed by atoms with Crippen LogP contribution in [0.5, 0.6) is 0 Å². The van der Waals surface area contributed by atoms with E-state index < -0.39 is 0 Å². The average molecular weight is 316 g/mol. The Bertz CT molecular complexity index is 680. The lowest BCUT2D eigenvalue weighted by Crippen LogP contribution is -2.49. The van der Waals surface area contributed by atoms with Crippen LogP contribution in [0.4, 0.5) is 14.5 Å². The van der Waals surface area contributed by atoms with Crippen LogP contribution >= 0.6 is 0 Å². The molecule has 0 saturated carbocycles. The fourth-order valence-electron chi connectivity index (χ4n) is 2.78. The first-order chi connectivity index (χ1) is 11.1. The summed E-state index contributed by atoms with van der Waals surface area (Å²) in [5, 5.41) is 0. The summed E-state index contributed by atoms with van der Waals surface area (Å²) in [6.45, 7) is 2.57. The summed E-state index contributed by atoms with van der Waals surface area (Å²) in [5.41, 5.74) is 1.65. The molecule has 0 radical (unpaired) electrons. The molecule has 0 spiro atoms. The predicted octanol–water partition coefficient (Wildman–Crippen LogP) is 2.86. The van der Waals surface area contributed by atoms with Gasteiger partial charge < -0.3 is 9.80 Å². The van der Waals surface area contributed by atoms with Gasteiger partial charge in [0, 0.05) is 31.9 Å². The van der Waals surface area contributed by atoms with Crippen LogP contribution < -0.4 is 4.90 Å². The topological polar surface area (TPSA) is 23.6 Å². The molecular formula is C18H18F2N2O. The maximum Gasteiger partial charge on any atom is 0.227 e. The summed E-state index contributed by atoms with van der Waals surface area (Å²) in [6.07, 6.45) is 0.278. The Labute approximate surface area is 134 Å². The van der Waals surface area contributed by atoms with Gasteiger partial charge in [0.1, 0.15) is 11.6 Å². The number of amides is 1. The molecule has 23 heavy (non-hydrogen) atoms. The van der Waals surface area contributed by atoms with E-state index in [9.17, 15) is 13.6 Å². The SMILES string of the molecule is O=C(Cc1ccc(F)cc1)N1CCN(c2cccc(F)c2)CC1. The van der Waals surface area contributed by atoms with Crippen LogP contribution in [0, 0.1) is 11.6 Å². The highest BCUT2D eigenvalue weighted by molar-refractivity contribution is 5.79. The summed E-state index contributed by atoms with van der Waals surface area (Å²) in [4.78, 5) is 16.2. The molecule has 3 nitrogen and oxygen atoms in total. The van der Waals surface area contributed by atoms with E-state index in [2.05, 4.69) is 4.90 Å². The van der Waals surface area contributed by atoms with Gasteiger partial charge in [-0.15, -0.1) is 0 Å². The van der Waals surface area contributed by atoms with Crippen LogP contribution in [-0.2, 0) is 11.2 Å². The molecule has 3 rings (SSSR count). The van der Waals surface area contributed by atoms with Crippen LogP contribution in [0.3, 0.4) is 0 Å². The van der Waals surface area contributed by atoms with Gasteiger partial charge in [-0.1, -0.05) is 18.2 Å². The van der Waals surface area contributed by atoms with Crippen LogP contribution in [0.25, 0.3) is 0 Å². The number of rotatable bonds is 3. The number of carbonyl (C=O) groups excluding carboxylic acids is 1. The second-order valence-corrected chi connectivity index (χ2v) is 5.65. The molecule has 0 aromatic heterocycles. The van der Waals surface area contributed by atoms with E-state index in [1.807, 2.05) is 6.07 Å². The quantitative estimate of drug-likeness (QED) is 0.869. The normalized spacial score (nSPS) is 14.9. The van der Waals surface area contributed by atoms with Crippen molar-refractivity contribution in [1.29, 1.82) is 0 Å². The minimum absolute atomic E-state index is 0.0375. The first-order valence-corrected chi connectivity index (χ1v) is 7.64. The lowest BCUT2D eigenvalue weighted by atomic mass is 10.1. The number of anilines is 1. The Morgan fingerprint density at radius 2 is 1.61 bits per heavy atom. The van der Waals surface area contributed by atoms with E-state index in [1.165, 1.54) is 24.3 Å². The minimum Gasteiger partial charge on any atom is -0.368 e. The summed E-state index contributed by atoms with van der Waals surface area (Å²) >= 11 is 0. The molecule has 5 heteroatoms. The lowest BCUT2D eigenvalue weighted by Gasteiger charge is -2.36. The second-order valence-electron chi connectivity index (χ2n) is 5.65. The van der Waals surface area contributed by atoms with Crippen molar-refractivity contribution in [1.82, 2.24) is 4.90 Å². The predicted molar refractivity (Wildman–Crippen MR) is 85.3 cm³/mol. The molecule has 1 heterocycles. The molecule has 0 unspecified atom stereocenters. The van der Waals surface area contributed by atoms with Crippen molar-refractivity contribution in [3.8, 4) is 0 Å². The standard InChI is InChI=1S/C18H18F2N2O/c19-15-6-4-14(5-7-15)12-18(23)22-10-8-21(9-11-22)17-3-1-2-16(20)13-17/h1-7,13H,8-12H2. The number of nitrogens with zero attached hydrogens (tertiary/aromatic N) is 2. The van der Waals surface area contributed by atoms with E-state index in [-0.39, 0.29) is 24.0 Å². The molecule has 2 aromatic rings. The van der Waals surface area contributed by atoms with Gasteiger partial charge in [0.15, 0.2) is 0 Å². The summed E-state index contributed by atoms with van der Waals surface area (Å²) < 4.78 is 26.2. The van der Waals surface area contributed by atoms with Crippen molar-refractivity contribution in [2.75, 3.05) is 31.1 Å². The third-order valence-electron chi connectivity index (χ3n) is 4.07. The number of hydrogen-bond donors (Lipinski definition) is 0. The van der Waals surface area contributed by atoms with Gasteiger partial charge >= 0.3 is 0 Å². The van der Waals surface area contributed by atoms with Crippen molar-refractivity contribution >= 4 is 11.6 Å². The largest absolute Gasteiger partial charge is 0.368 e. The maximum absolute atomic E-state index is 13.3. The Kier molecular flexibility index (Phi) is 4.55. The molecule has 0 bridgehead atoms. The molecule has 2 aromatic carbocycles. The monoisotopic (exact) mass is 316 g/mol. The van der Waals surface area contributed by atoms with Crippen molar-refractivity contribution in [2.45, 2.75) is 6.42 Å². The number of hydrogen-bond acceptors (Lipinski definition) is 2. The average Bonchev–Trinajstić information content (AvgIpc) is 2.57. The van der Waals surface area contributed by atoms with Gasteiger partial charge in [-0.2, -0.15) is 0 Å². The number of benzene rings is 2. The number of piperazine rings is 1. The van der Waals surface area contributed by atoms with Gasteiger partial charge in [-0.25, -0.2) is 8.78 Å². The van der Waals surface area contributed by atoms with Gasteiger partial charge in [-0.05, 0) is 35.9 Å². The third-order valence-corrected chi connectivity index (χ3v) is 4.07. The molecule has 0 N–H and O–H groups in total. The fraction of sp³-hybridized carbons (Fsp3) is 0.278. The Balaban J connectivity index is 1.56. The highest BCUT2D eigenvalue weighted by Crippen LogP contribution is 2.18. The zero-order valence-electron chi connectivity index (χ0n) is 12.7. The van der Waals surface area contributed by atoms with Crippen LogP contribution in [0.1, 0.15) is 5.56 Å². The first-order valence-electron chi connectivity index (χ1n) is 7.64. The summed E-state index contributed by atoms with van der Waals surface area (Å²) in [7, 11) is 0. The fourth-order valence-corrected chi connectivity index (χ4v) is 2.78. The summed E-state index contributed by atoms with van der Waals surface area (Å²) in [6, 6.07) is 12.5. The Morgan fingerprint density at radius 1 is 0.913 bits per heavy atom. The number of carbonyl (C=O) groups is 1. The third kappa shape index (κ3) is 3.86. The smallest absolute Gasteiger partial charge is 0.227 e. The summed E-state index contributed by atoms with van der Waals surface area (Å²) in [5.74, 6) is -0.516. The van der Waals surface area contributed by atoms with E-state index in [4.69, 9.17) is 0 Å². The maximum atomic E-state index is 13.3. The van der Waals surface area contributed by atoms with E-state index >= 15 is 0 Å². The molecular weight excluding hydrogens is 298 g/mol. The first kappa shape index (κ1) is 15.5. The molecule has 1 amide bonds. The van der Waals surface area contributed by atoms with E-state index in [0.717, 1.165) is 11.3 Å². The lowest BCUT2D eigenvalue weighted by molar-refractivity contribution is -0.130. The van der Waals surface area contributed by atoms with Gasteiger partial charge in [0.05, 0.1) is 6.42 Å². The molecule has 0 atom stereocenters. The van der Waals surface area contributed by atoms with Gasteiger partial charge in [0.2, 0.25) is 5.91 Å². The molecule has 1 saturated heterocycles.